The van der Waals surface area contributed by atoms with E-state index < -0.39 is 23.5 Å². The predicted molar refractivity (Wildman–Crippen MR) is 106 cm³/mol. The molecule has 0 unspecified atom stereocenters. The lowest BCUT2D eigenvalue weighted by Crippen LogP contribution is -2.50. The maximum absolute atomic E-state index is 13.1. The Balaban J connectivity index is 1.72. The Bertz CT molecular complexity index is 893. The van der Waals surface area contributed by atoms with E-state index in [0.29, 0.717) is 29.0 Å². The van der Waals surface area contributed by atoms with Crippen LogP contribution in [0.5, 0.6) is 0 Å². The van der Waals surface area contributed by atoms with Crippen molar-refractivity contribution in [3.63, 3.8) is 0 Å². The van der Waals surface area contributed by atoms with E-state index in [4.69, 9.17) is 23.8 Å². The molecular weight excluding hydrogens is 454 g/mol. The molecular formula is C18H15ClF6N4S. The molecule has 2 aromatic rings. The summed E-state index contributed by atoms with van der Waals surface area (Å²) in [6.45, 7) is 1.01. The van der Waals surface area contributed by atoms with Crippen molar-refractivity contribution in [2.45, 2.75) is 12.4 Å². The molecule has 0 atom stereocenters. The van der Waals surface area contributed by atoms with Gasteiger partial charge in [-0.05, 0) is 42.5 Å². The maximum atomic E-state index is 13.1. The van der Waals surface area contributed by atoms with Crippen molar-refractivity contribution in [3.05, 3.63) is 52.7 Å². The lowest BCUT2D eigenvalue weighted by Gasteiger charge is -2.37. The van der Waals surface area contributed by atoms with Gasteiger partial charge in [-0.1, -0.05) is 11.6 Å². The van der Waals surface area contributed by atoms with Gasteiger partial charge in [0.25, 0.3) is 0 Å². The van der Waals surface area contributed by atoms with Crippen molar-refractivity contribution >= 4 is 40.4 Å². The summed E-state index contributed by atoms with van der Waals surface area (Å²) < 4.78 is 78.4. The molecule has 0 aliphatic carbocycles. The van der Waals surface area contributed by atoms with Crippen molar-refractivity contribution < 1.29 is 26.3 Å². The number of anilines is 2. The number of hydrogen-bond acceptors (Lipinski definition) is 3. The topological polar surface area (TPSA) is 31.4 Å². The van der Waals surface area contributed by atoms with Gasteiger partial charge in [0.1, 0.15) is 5.82 Å². The normalized spacial score (nSPS) is 15.3. The third kappa shape index (κ3) is 5.45. The molecule has 3 rings (SSSR count). The van der Waals surface area contributed by atoms with Gasteiger partial charge in [0.15, 0.2) is 5.11 Å². The summed E-state index contributed by atoms with van der Waals surface area (Å²) in [5.41, 5.74) is -2.80. The fourth-order valence-electron chi connectivity index (χ4n) is 2.95. The van der Waals surface area contributed by atoms with Crippen LogP contribution in [0.4, 0.5) is 37.8 Å². The first-order chi connectivity index (χ1) is 13.9. The largest absolute Gasteiger partial charge is 0.416 e. The summed E-state index contributed by atoms with van der Waals surface area (Å²) in [5, 5.41) is 3.71. The number of nitrogens with zero attached hydrogens (tertiary/aromatic N) is 3. The first-order valence-corrected chi connectivity index (χ1v) is 9.44. The van der Waals surface area contributed by atoms with Crippen LogP contribution in [0.15, 0.2) is 36.5 Å². The number of nitrogens with one attached hydrogen (secondary N) is 1. The molecule has 1 aliphatic heterocycles. The SMILES string of the molecule is FC(F)(F)c1cc(N2CCN(C(=S)Nc3cc(Cl)ccn3)CC2)cc(C(F)(F)F)c1. The average molecular weight is 469 g/mol. The number of rotatable bonds is 2. The van der Waals surface area contributed by atoms with Crippen LogP contribution in [0.3, 0.4) is 0 Å². The van der Waals surface area contributed by atoms with E-state index in [1.54, 1.807) is 17.0 Å². The summed E-state index contributed by atoms with van der Waals surface area (Å²) in [5.74, 6) is 0.433. The van der Waals surface area contributed by atoms with Crippen LogP contribution >= 0.6 is 23.8 Å². The van der Waals surface area contributed by atoms with Gasteiger partial charge in [-0.3, -0.25) is 0 Å². The quantitative estimate of drug-likeness (QED) is 0.478. The van der Waals surface area contributed by atoms with Crippen molar-refractivity contribution in [1.82, 2.24) is 9.88 Å². The Kier molecular flexibility index (Phi) is 6.32. The molecule has 1 N–H and O–H groups in total. The summed E-state index contributed by atoms with van der Waals surface area (Å²) in [7, 11) is 0. The van der Waals surface area contributed by atoms with E-state index in [0.717, 1.165) is 12.1 Å². The van der Waals surface area contributed by atoms with Gasteiger partial charge in [0.05, 0.1) is 11.1 Å². The van der Waals surface area contributed by atoms with Crippen molar-refractivity contribution in [3.8, 4) is 0 Å². The third-order valence-electron chi connectivity index (χ3n) is 4.46. The molecule has 2 heterocycles. The summed E-state index contributed by atoms with van der Waals surface area (Å²) >= 11 is 11.2. The van der Waals surface area contributed by atoms with Crippen LogP contribution in [0.25, 0.3) is 0 Å². The average Bonchev–Trinajstić information content (AvgIpc) is 2.66. The second kappa shape index (κ2) is 8.46. The zero-order valence-corrected chi connectivity index (χ0v) is 16.8. The third-order valence-corrected chi connectivity index (χ3v) is 5.06. The lowest BCUT2D eigenvalue weighted by molar-refractivity contribution is -0.143. The summed E-state index contributed by atoms with van der Waals surface area (Å²) in [6, 6.07) is 4.76. The number of benzene rings is 1. The lowest BCUT2D eigenvalue weighted by atomic mass is 10.1. The second-order valence-electron chi connectivity index (χ2n) is 6.53. The molecule has 30 heavy (non-hydrogen) atoms. The van der Waals surface area contributed by atoms with E-state index in [1.165, 1.54) is 11.1 Å². The van der Waals surface area contributed by atoms with E-state index in [2.05, 4.69) is 10.3 Å². The molecule has 1 saturated heterocycles. The van der Waals surface area contributed by atoms with Crippen LogP contribution in [0.2, 0.25) is 5.02 Å². The molecule has 1 aliphatic rings. The van der Waals surface area contributed by atoms with E-state index in [9.17, 15) is 26.3 Å². The van der Waals surface area contributed by atoms with E-state index >= 15 is 0 Å². The van der Waals surface area contributed by atoms with Gasteiger partial charge in [-0.25, -0.2) is 4.98 Å². The van der Waals surface area contributed by atoms with Crippen molar-refractivity contribution in [1.29, 1.82) is 0 Å². The van der Waals surface area contributed by atoms with Crippen molar-refractivity contribution in [2.75, 3.05) is 36.4 Å². The molecule has 0 radical (unpaired) electrons. The fourth-order valence-corrected chi connectivity index (χ4v) is 3.40. The minimum absolute atomic E-state index is 0.122. The first-order valence-electron chi connectivity index (χ1n) is 8.65. The molecule has 162 valence electrons. The van der Waals surface area contributed by atoms with E-state index in [1.807, 2.05) is 0 Å². The molecule has 0 bridgehead atoms. The Morgan fingerprint density at radius 2 is 1.50 bits per heavy atom. The van der Waals surface area contributed by atoms with Gasteiger partial charge < -0.3 is 15.1 Å². The number of hydrogen-bond donors (Lipinski definition) is 1. The second-order valence-corrected chi connectivity index (χ2v) is 7.35. The maximum Gasteiger partial charge on any atom is 0.416 e. The number of alkyl halides is 6. The smallest absolute Gasteiger partial charge is 0.368 e. The number of piperazine rings is 1. The highest BCUT2D eigenvalue weighted by Gasteiger charge is 2.37. The Morgan fingerprint density at radius 3 is 2.00 bits per heavy atom. The molecule has 0 spiro atoms. The number of halogens is 7. The van der Waals surface area contributed by atoms with Crippen LogP contribution in [-0.2, 0) is 12.4 Å². The number of pyridine rings is 1. The zero-order valence-electron chi connectivity index (χ0n) is 15.2. The monoisotopic (exact) mass is 468 g/mol. The molecule has 4 nitrogen and oxygen atoms in total. The molecule has 1 aromatic heterocycles. The van der Waals surface area contributed by atoms with Crippen LogP contribution in [0.1, 0.15) is 11.1 Å². The molecule has 0 amide bonds. The fraction of sp³-hybridized carbons (Fsp3) is 0.333. The Morgan fingerprint density at radius 1 is 0.933 bits per heavy atom. The van der Waals surface area contributed by atoms with Crippen LogP contribution < -0.4 is 10.2 Å². The predicted octanol–water partition coefficient (Wildman–Crippen LogP) is 5.29. The summed E-state index contributed by atoms with van der Waals surface area (Å²) in [4.78, 5) is 7.30. The molecule has 12 heteroatoms. The molecule has 1 fully saturated rings. The summed E-state index contributed by atoms with van der Waals surface area (Å²) in [6.07, 6.45) is -8.27. The standard InChI is InChI=1S/C18H15ClF6N4S/c19-13-1-2-26-15(10-13)27-16(30)29-5-3-28(4-6-29)14-8-11(17(20,21)22)7-12(9-14)18(23,24)25/h1-2,7-10H,3-6H2,(H,26,27,30). The minimum atomic E-state index is -4.88. The number of thiocarbonyl (C=S) groups is 1. The molecule has 1 aromatic carbocycles. The first kappa shape index (κ1) is 22.4. The highest BCUT2D eigenvalue weighted by atomic mass is 35.5. The highest BCUT2D eigenvalue weighted by molar-refractivity contribution is 7.80. The van der Waals surface area contributed by atoms with Gasteiger partial charge in [-0.15, -0.1) is 0 Å². The van der Waals surface area contributed by atoms with Gasteiger partial charge >= 0.3 is 12.4 Å². The minimum Gasteiger partial charge on any atom is -0.368 e. The van der Waals surface area contributed by atoms with Crippen LogP contribution in [-0.4, -0.2) is 41.2 Å². The van der Waals surface area contributed by atoms with Crippen molar-refractivity contribution in [2.24, 2.45) is 0 Å². The zero-order chi connectivity index (χ0) is 22.1. The van der Waals surface area contributed by atoms with Gasteiger partial charge in [-0.2, -0.15) is 26.3 Å². The Hall–Kier alpha value is -2.27. The van der Waals surface area contributed by atoms with Crippen LogP contribution in [0, 0.1) is 0 Å². The van der Waals surface area contributed by atoms with Gasteiger partial charge in [0.2, 0.25) is 0 Å². The number of aromatic nitrogens is 1. The van der Waals surface area contributed by atoms with E-state index in [-0.39, 0.29) is 24.8 Å². The van der Waals surface area contributed by atoms with Gasteiger partial charge in [0, 0.05) is 43.1 Å². The highest BCUT2D eigenvalue weighted by Crippen LogP contribution is 2.38. The Labute approximate surface area is 178 Å². The molecule has 0 saturated carbocycles.